The maximum absolute atomic E-state index is 11.9. The third-order valence-corrected chi connectivity index (χ3v) is 3.17. The molecule has 3 N–H and O–H groups in total. The first-order valence-corrected chi connectivity index (χ1v) is 6.89. The smallest absolute Gasteiger partial charge is 0.262 e. The summed E-state index contributed by atoms with van der Waals surface area (Å²) in [7, 11) is 0. The summed E-state index contributed by atoms with van der Waals surface area (Å²) >= 11 is 3.36. The number of aryl methyl sites for hydroxylation is 1. The van der Waals surface area contributed by atoms with E-state index in [-0.39, 0.29) is 12.5 Å². The Balaban J connectivity index is 1.98. The molecule has 20 heavy (non-hydrogen) atoms. The van der Waals surface area contributed by atoms with Gasteiger partial charge in [0.15, 0.2) is 6.61 Å². The van der Waals surface area contributed by atoms with Gasteiger partial charge in [0.2, 0.25) is 0 Å². The topological polar surface area (TPSA) is 64.3 Å². The van der Waals surface area contributed by atoms with Gasteiger partial charge in [0.25, 0.3) is 5.91 Å². The highest BCUT2D eigenvalue weighted by molar-refractivity contribution is 9.10. The first-order chi connectivity index (χ1) is 9.56. The van der Waals surface area contributed by atoms with Crippen molar-refractivity contribution in [3.63, 3.8) is 0 Å². The van der Waals surface area contributed by atoms with E-state index in [1.165, 1.54) is 0 Å². The number of anilines is 2. The molecular formula is C15H15BrN2O2. The van der Waals surface area contributed by atoms with Crippen molar-refractivity contribution in [2.24, 2.45) is 0 Å². The van der Waals surface area contributed by atoms with Gasteiger partial charge in [-0.25, -0.2) is 0 Å². The van der Waals surface area contributed by atoms with Crippen molar-refractivity contribution < 1.29 is 9.53 Å². The molecule has 2 aromatic rings. The lowest BCUT2D eigenvalue weighted by Gasteiger charge is -2.12. The molecule has 5 heteroatoms. The minimum atomic E-state index is -0.244. The Morgan fingerprint density at radius 1 is 1.30 bits per heavy atom. The highest BCUT2D eigenvalue weighted by Crippen LogP contribution is 2.27. The lowest BCUT2D eigenvalue weighted by Crippen LogP contribution is -2.21. The van der Waals surface area contributed by atoms with Crippen molar-refractivity contribution in [2.75, 3.05) is 17.7 Å². The fraction of sp³-hybridized carbons (Fsp3) is 0.133. The van der Waals surface area contributed by atoms with Gasteiger partial charge in [-0.2, -0.15) is 0 Å². The maximum atomic E-state index is 11.9. The van der Waals surface area contributed by atoms with E-state index < -0.39 is 0 Å². The predicted octanol–water partition coefficient (Wildman–Crippen LogP) is 3.36. The van der Waals surface area contributed by atoms with E-state index in [1.807, 2.05) is 31.2 Å². The van der Waals surface area contributed by atoms with Gasteiger partial charge < -0.3 is 15.8 Å². The maximum Gasteiger partial charge on any atom is 0.262 e. The highest BCUT2D eigenvalue weighted by atomic mass is 79.9. The Morgan fingerprint density at radius 3 is 2.65 bits per heavy atom. The van der Waals surface area contributed by atoms with Crippen LogP contribution in [0.1, 0.15) is 5.56 Å². The van der Waals surface area contributed by atoms with Crippen LogP contribution in [0.25, 0.3) is 0 Å². The number of hydrogen-bond donors (Lipinski definition) is 2. The molecule has 4 nitrogen and oxygen atoms in total. The van der Waals surface area contributed by atoms with Crippen LogP contribution in [-0.4, -0.2) is 12.5 Å². The molecule has 2 rings (SSSR count). The van der Waals surface area contributed by atoms with E-state index in [0.717, 1.165) is 10.0 Å². The Labute approximate surface area is 126 Å². The third-order valence-electron chi connectivity index (χ3n) is 2.71. The Morgan fingerprint density at radius 2 is 2.00 bits per heavy atom. The molecular weight excluding hydrogens is 320 g/mol. The van der Waals surface area contributed by atoms with Crippen LogP contribution in [0.5, 0.6) is 5.75 Å². The van der Waals surface area contributed by atoms with E-state index in [9.17, 15) is 4.79 Å². The normalized spacial score (nSPS) is 10.1. The van der Waals surface area contributed by atoms with E-state index in [2.05, 4.69) is 21.2 Å². The average molecular weight is 335 g/mol. The first-order valence-electron chi connectivity index (χ1n) is 6.09. The zero-order valence-corrected chi connectivity index (χ0v) is 12.6. The lowest BCUT2D eigenvalue weighted by atomic mass is 10.1. The zero-order chi connectivity index (χ0) is 14.5. The molecule has 0 fully saturated rings. The lowest BCUT2D eigenvalue weighted by molar-refractivity contribution is -0.118. The number of nitrogens with two attached hydrogens (primary N) is 1. The molecule has 0 aromatic heterocycles. The fourth-order valence-electron chi connectivity index (χ4n) is 1.78. The molecule has 1 amide bonds. The van der Waals surface area contributed by atoms with Crippen LogP contribution in [0.2, 0.25) is 0 Å². The summed E-state index contributed by atoms with van der Waals surface area (Å²) in [5, 5.41) is 2.77. The van der Waals surface area contributed by atoms with Gasteiger partial charge in [0, 0.05) is 4.47 Å². The van der Waals surface area contributed by atoms with Crippen LogP contribution in [0.15, 0.2) is 46.9 Å². The number of halogens is 1. The molecule has 0 saturated heterocycles. The molecule has 0 atom stereocenters. The summed E-state index contributed by atoms with van der Waals surface area (Å²) in [6, 6.07) is 12.8. The Kier molecular flexibility index (Phi) is 4.63. The monoisotopic (exact) mass is 334 g/mol. The second kappa shape index (κ2) is 6.43. The van der Waals surface area contributed by atoms with E-state index >= 15 is 0 Å². The summed E-state index contributed by atoms with van der Waals surface area (Å²) in [4.78, 5) is 11.9. The van der Waals surface area contributed by atoms with Crippen LogP contribution >= 0.6 is 15.9 Å². The largest absolute Gasteiger partial charge is 0.484 e. The summed E-state index contributed by atoms with van der Waals surface area (Å²) in [6.07, 6.45) is 0. The van der Waals surface area contributed by atoms with Crippen molar-refractivity contribution in [3.05, 3.63) is 52.5 Å². The van der Waals surface area contributed by atoms with Crippen LogP contribution in [0.3, 0.4) is 0 Å². The molecule has 104 valence electrons. The van der Waals surface area contributed by atoms with Gasteiger partial charge >= 0.3 is 0 Å². The molecule has 0 aliphatic carbocycles. The standard InChI is InChI=1S/C15H15BrN2O2/c1-10-7-11(16)8-13(17)15(10)18-14(19)9-20-12-5-3-2-4-6-12/h2-8H,9,17H2,1H3,(H,18,19). The minimum Gasteiger partial charge on any atom is -0.484 e. The van der Waals surface area contributed by atoms with Gasteiger partial charge in [-0.3, -0.25) is 4.79 Å². The number of ether oxygens (including phenoxy) is 1. The molecule has 0 saturated carbocycles. The molecule has 0 bridgehead atoms. The number of para-hydroxylation sites is 1. The van der Waals surface area contributed by atoms with Gasteiger partial charge in [-0.05, 0) is 36.8 Å². The SMILES string of the molecule is Cc1cc(Br)cc(N)c1NC(=O)COc1ccccc1. The van der Waals surface area contributed by atoms with Gasteiger partial charge in [-0.15, -0.1) is 0 Å². The van der Waals surface area contributed by atoms with Gasteiger partial charge in [0.1, 0.15) is 5.75 Å². The minimum absolute atomic E-state index is 0.0566. The predicted molar refractivity (Wildman–Crippen MR) is 83.9 cm³/mol. The third kappa shape index (κ3) is 3.74. The van der Waals surface area contributed by atoms with Crippen molar-refractivity contribution in [1.29, 1.82) is 0 Å². The molecule has 0 heterocycles. The molecule has 0 unspecified atom stereocenters. The number of benzene rings is 2. The van der Waals surface area contributed by atoms with E-state index in [0.29, 0.717) is 17.1 Å². The summed E-state index contributed by atoms with van der Waals surface area (Å²) < 4.78 is 6.26. The number of carbonyl (C=O) groups excluding carboxylic acids is 1. The van der Waals surface area contributed by atoms with Crippen LogP contribution in [-0.2, 0) is 4.79 Å². The van der Waals surface area contributed by atoms with Crippen LogP contribution in [0, 0.1) is 6.92 Å². The number of nitrogen functional groups attached to an aromatic ring is 1. The van der Waals surface area contributed by atoms with Crippen molar-refractivity contribution >= 4 is 33.2 Å². The second-order valence-electron chi connectivity index (χ2n) is 4.34. The van der Waals surface area contributed by atoms with E-state index in [4.69, 9.17) is 10.5 Å². The van der Waals surface area contributed by atoms with Gasteiger partial charge in [0.05, 0.1) is 11.4 Å². The quantitative estimate of drug-likeness (QED) is 0.842. The molecule has 0 spiro atoms. The Hall–Kier alpha value is -2.01. The number of rotatable bonds is 4. The number of nitrogens with one attached hydrogen (secondary N) is 1. The molecule has 0 aliphatic rings. The average Bonchev–Trinajstić information content (AvgIpc) is 2.42. The van der Waals surface area contributed by atoms with Crippen molar-refractivity contribution in [1.82, 2.24) is 0 Å². The molecule has 0 radical (unpaired) electrons. The van der Waals surface area contributed by atoms with E-state index in [1.54, 1.807) is 18.2 Å². The Bertz CT molecular complexity index is 592. The number of hydrogen-bond acceptors (Lipinski definition) is 3. The van der Waals surface area contributed by atoms with Crippen LogP contribution < -0.4 is 15.8 Å². The van der Waals surface area contributed by atoms with Crippen LogP contribution in [0.4, 0.5) is 11.4 Å². The fourth-order valence-corrected chi connectivity index (χ4v) is 2.37. The molecule has 0 aliphatic heterocycles. The van der Waals surface area contributed by atoms with Crippen molar-refractivity contribution in [2.45, 2.75) is 6.92 Å². The second-order valence-corrected chi connectivity index (χ2v) is 5.25. The first kappa shape index (κ1) is 14.4. The molecule has 2 aromatic carbocycles. The van der Waals surface area contributed by atoms with Crippen molar-refractivity contribution in [3.8, 4) is 5.75 Å². The summed E-state index contributed by atoms with van der Waals surface area (Å²) in [6.45, 7) is 1.83. The summed E-state index contributed by atoms with van der Waals surface area (Å²) in [5.74, 6) is 0.411. The highest BCUT2D eigenvalue weighted by Gasteiger charge is 2.09. The number of amides is 1. The number of carbonyl (C=O) groups is 1. The summed E-state index contributed by atoms with van der Waals surface area (Å²) in [5.41, 5.74) is 7.92. The van der Waals surface area contributed by atoms with Gasteiger partial charge in [-0.1, -0.05) is 34.1 Å². The zero-order valence-electron chi connectivity index (χ0n) is 11.0.